The van der Waals surface area contributed by atoms with Gasteiger partial charge in [0.05, 0.1) is 13.1 Å². The van der Waals surface area contributed by atoms with Gasteiger partial charge in [0.2, 0.25) is 0 Å². The van der Waals surface area contributed by atoms with Crippen LogP contribution in [0.15, 0.2) is 48.5 Å². The average molecular weight is 453 g/mol. The number of rotatable bonds is 7. The van der Waals surface area contributed by atoms with Crippen LogP contribution >= 0.6 is 0 Å². The number of nitrogens with zero attached hydrogens (tertiary/aromatic N) is 1. The SMILES string of the molecule is CCC(C(=O)Cc1c(C)cccc1C)[N+]1(Cc2ccccc2)CCCCC1.[Y]. The van der Waals surface area contributed by atoms with Crippen molar-refractivity contribution in [3.8, 4) is 0 Å². The normalized spacial score (nSPS) is 16.8. The number of Topliss-reactive ketones (excluding diaryl/α,β-unsaturated/α-hetero) is 1. The molecule has 0 spiro atoms. The molecule has 0 aliphatic carbocycles. The molecule has 3 heteroatoms. The van der Waals surface area contributed by atoms with Crippen molar-refractivity contribution in [1.82, 2.24) is 0 Å². The standard InChI is InChI=1S/C25H34NO.Y/c1-4-24(25(27)18-23-20(2)12-11-13-21(23)3)26(16-9-6-10-17-26)19-22-14-7-5-8-15-22;/h5,7-8,11-15,24H,4,6,9-10,16-19H2,1-3H3;/q+1;. The smallest absolute Gasteiger partial charge is 0.194 e. The van der Waals surface area contributed by atoms with Crippen molar-refractivity contribution in [3.05, 3.63) is 70.8 Å². The minimum Gasteiger partial charge on any atom is -0.311 e. The zero-order chi connectivity index (χ0) is 19.3. The molecule has 1 unspecified atom stereocenters. The van der Waals surface area contributed by atoms with Crippen LogP contribution in [0.2, 0.25) is 0 Å². The summed E-state index contributed by atoms with van der Waals surface area (Å²) in [4.78, 5) is 13.5. The molecule has 3 rings (SSSR count). The van der Waals surface area contributed by atoms with Crippen molar-refractivity contribution < 1.29 is 42.0 Å². The van der Waals surface area contributed by atoms with Gasteiger partial charge in [-0.1, -0.05) is 55.5 Å². The van der Waals surface area contributed by atoms with Crippen molar-refractivity contribution in [2.75, 3.05) is 13.1 Å². The fourth-order valence-corrected chi connectivity index (χ4v) is 5.01. The van der Waals surface area contributed by atoms with E-state index >= 15 is 0 Å². The first-order valence-corrected chi connectivity index (χ1v) is 10.5. The monoisotopic (exact) mass is 453 g/mol. The van der Waals surface area contributed by atoms with Gasteiger partial charge in [-0.25, -0.2) is 0 Å². The average Bonchev–Trinajstić information content (AvgIpc) is 2.67. The first-order chi connectivity index (χ1) is 13.1. The molecule has 1 radical (unpaired) electrons. The predicted octanol–water partition coefficient (Wildman–Crippen LogP) is 5.39. The number of carbonyl (C=O) groups is 1. The van der Waals surface area contributed by atoms with Gasteiger partial charge < -0.3 is 4.48 Å². The van der Waals surface area contributed by atoms with E-state index in [1.807, 2.05) is 0 Å². The van der Waals surface area contributed by atoms with Crippen LogP contribution in [-0.2, 0) is 50.5 Å². The van der Waals surface area contributed by atoms with Gasteiger partial charge in [0.15, 0.2) is 5.78 Å². The number of piperidine rings is 1. The number of likely N-dealkylation sites (tertiary alicyclic amines) is 1. The molecule has 0 N–H and O–H groups in total. The number of benzene rings is 2. The Morgan fingerprint density at radius 3 is 2.11 bits per heavy atom. The fourth-order valence-electron chi connectivity index (χ4n) is 5.01. The van der Waals surface area contributed by atoms with E-state index < -0.39 is 0 Å². The van der Waals surface area contributed by atoms with E-state index in [-0.39, 0.29) is 38.8 Å². The summed E-state index contributed by atoms with van der Waals surface area (Å²) >= 11 is 0. The van der Waals surface area contributed by atoms with Crippen LogP contribution in [0.3, 0.4) is 0 Å². The van der Waals surface area contributed by atoms with E-state index in [0.29, 0.717) is 12.2 Å². The van der Waals surface area contributed by atoms with Gasteiger partial charge in [-0.3, -0.25) is 4.79 Å². The van der Waals surface area contributed by atoms with Crippen LogP contribution < -0.4 is 0 Å². The summed E-state index contributed by atoms with van der Waals surface area (Å²) in [6, 6.07) is 17.2. The summed E-state index contributed by atoms with van der Waals surface area (Å²) in [6.07, 6.45) is 5.28. The summed E-state index contributed by atoms with van der Waals surface area (Å²) < 4.78 is 0.949. The van der Waals surface area contributed by atoms with Gasteiger partial charge >= 0.3 is 0 Å². The first kappa shape index (κ1) is 23.5. The van der Waals surface area contributed by atoms with E-state index in [9.17, 15) is 4.79 Å². The number of hydrogen-bond acceptors (Lipinski definition) is 1. The third-order valence-electron chi connectivity index (χ3n) is 6.46. The largest absolute Gasteiger partial charge is 0.311 e. The molecule has 0 saturated carbocycles. The molecule has 0 aromatic heterocycles. The molecule has 28 heavy (non-hydrogen) atoms. The second-order valence-electron chi connectivity index (χ2n) is 8.31. The predicted molar refractivity (Wildman–Crippen MR) is 113 cm³/mol. The first-order valence-electron chi connectivity index (χ1n) is 10.5. The Balaban J connectivity index is 0.00000280. The van der Waals surface area contributed by atoms with Crippen molar-refractivity contribution >= 4 is 5.78 Å². The van der Waals surface area contributed by atoms with Crippen LogP contribution in [0.25, 0.3) is 0 Å². The van der Waals surface area contributed by atoms with Crippen molar-refractivity contribution in [2.24, 2.45) is 0 Å². The van der Waals surface area contributed by atoms with Crippen molar-refractivity contribution in [1.29, 1.82) is 0 Å². The molecule has 1 heterocycles. The van der Waals surface area contributed by atoms with Gasteiger partial charge in [-0.05, 0) is 49.8 Å². The summed E-state index contributed by atoms with van der Waals surface area (Å²) in [6.45, 7) is 9.71. The van der Waals surface area contributed by atoms with Crippen LogP contribution in [0, 0.1) is 13.8 Å². The molecule has 0 amide bonds. The third-order valence-corrected chi connectivity index (χ3v) is 6.46. The molecular formula is C25H34NOY+. The van der Waals surface area contributed by atoms with Gasteiger partial charge in [0.25, 0.3) is 0 Å². The maximum absolute atomic E-state index is 13.5. The van der Waals surface area contributed by atoms with Crippen molar-refractivity contribution in [3.63, 3.8) is 0 Å². The maximum atomic E-state index is 13.5. The third kappa shape index (κ3) is 5.40. The van der Waals surface area contributed by atoms with E-state index in [4.69, 9.17) is 0 Å². The van der Waals surface area contributed by atoms with Crippen molar-refractivity contribution in [2.45, 2.75) is 65.5 Å². The molecule has 2 aromatic carbocycles. The van der Waals surface area contributed by atoms with E-state index in [2.05, 4.69) is 69.3 Å². The quantitative estimate of drug-likeness (QED) is 0.514. The second kappa shape index (κ2) is 10.8. The summed E-state index contributed by atoms with van der Waals surface area (Å²) in [5.74, 6) is 0.424. The van der Waals surface area contributed by atoms with E-state index in [1.54, 1.807) is 0 Å². The Morgan fingerprint density at radius 2 is 1.54 bits per heavy atom. The minimum absolute atomic E-state index is 0. The number of ketones is 1. The topological polar surface area (TPSA) is 17.1 Å². The Kier molecular flexibility index (Phi) is 9.05. The number of quaternary nitrogens is 1. The zero-order valence-electron chi connectivity index (χ0n) is 17.8. The number of carbonyl (C=O) groups excluding carboxylic acids is 1. The minimum atomic E-state index is 0. The molecule has 1 aliphatic heterocycles. The Bertz CT molecular complexity index is 745. The van der Waals surface area contributed by atoms with Gasteiger partial charge in [0.1, 0.15) is 12.6 Å². The molecule has 2 nitrogen and oxygen atoms in total. The molecule has 1 aliphatic rings. The number of aryl methyl sites for hydroxylation is 2. The molecule has 1 atom stereocenters. The van der Waals surface area contributed by atoms with Gasteiger partial charge in [-0.15, -0.1) is 0 Å². The van der Waals surface area contributed by atoms with Crippen LogP contribution in [0.5, 0.6) is 0 Å². The second-order valence-corrected chi connectivity index (χ2v) is 8.31. The van der Waals surface area contributed by atoms with E-state index in [0.717, 1.165) is 30.5 Å². The van der Waals surface area contributed by atoms with Crippen LogP contribution in [-0.4, -0.2) is 29.4 Å². The Morgan fingerprint density at radius 1 is 0.929 bits per heavy atom. The summed E-state index contributed by atoms with van der Waals surface area (Å²) in [7, 11) is 0. The van der Waals surface area contributed by atoms with E-state index in [1.165, 1.54) is 41.5 Å². The molecule has 147 valence electrons. The van der Waals surface area contributed by atoms with Crippen LogP contribution in [0.4, 0.5) is 0 Å². The Labute approximate surface area is 196 Å². The summed E-state index contributed by atoms with van der Waals surface area (Å²) in [5.41, 5.74) is 5.08. The van der Waals surface area contributed by atoms with Gasteiger partial charge in [-0.2, -0.15) is 0 Å². The Hall–Kier alpha value is -0.826. The molecule has 2 aromatic rings. The van der Waals surface area contributed by atoms with Gasteiger partial charge in [0, 0.05) is 51.1 Å². The zero-order valence-corrected chi connectivity index (χ0v) is 20.6. The molecule has 1 fully saturated rings. The molecule has 0 bridgehead atoms. The maximum Gasteiger partial charge on any atom is 0.194 e. The molecular weight excluding hydrogens is 419 g/mol. The fraction of sp³-hybridized carbons (Fsp3) is 0.480. The number of hydrogen-bond donors (Lipinski definition) is 0. The summed E-state index contributed by atoms with van der Waals surface area (Å²) in [5, 5.41) is 0. The van der Waals surface area contributed by atoms with Crippen LogP contribution in [0.1, 0.15) is 54.9 Å². The molecule has 1 saturated heterocycles.